The second-order valence-electron chi connectivity index (χ2n) is 4.50. The van der Waals surface area contributed by atoms with E-state index in [-0.39, 0.29) is 0 Å². The molecule has 1 heterocycles. The fourth-order valence-corrected chi connectivity index (χ4v) is 3.95. The summed E-state index contributed by atoms with van der Waals surface area (Å²) in [5, 5.41) is 0.789. The van der Waals surface area contributed by atoms with Gasteiger partial charge in [-0.2, -0.15) is 0 Å². The summed E-state index contributed by atoms with van der Waals surface area (Å²) in [6, 6.07) is 20.7. The van der Waals surface area contributed by atoms with Gasteiger partial charge in [-0.3, -0.25) is 0 Å². The van der Waals surface area contributed by atoms with E-state index in [2.05, 4.69) is 59.6 Å². The van der Waals surface area contributed by atoms with Crippen molar-refractivity contribution in [3.8, 4) is 10.0 Å². The Morgan fingerprint density at radius 3 is 2.25 bits per heavy atom. The first-order valence-electron chi connectivity index (χ1n) is 6.39. The van der Waals surface area contributed by atoms with Crippen LogP contribution >= 0.6 is 11.6 Å². The van der Waals surface area contributed by atoms with E-state index in [4.69, 9.17) is 11.6 Å². The molecular formula is C18H13ClSe. The van der Waals surface area contributed by atoms with E-state index >= 15 is 0 Å². The van der Waals surface area contributed by atoms with Crippen molar-refractivity contribution in [1.82, 2.24) is 0 Å². The summed E-state index contributed by atoms with van der Waals surface area (Å²) in [6.07, 6.45) is 4.34. The minimum absolute atomic E-state index is 0.407. The Labute approximate surface area is 130 Å². The van der Waals surface area contributed by atoms with Crippen LogP contribution in [0.2, 0.25) is 5.02 Å². The molecular weight excluding hydrogens is 331 g/mol. The number of hydrogen-bond donors (Lipinski definition) is 0. The van der Waals surface area contributed by atoms with Gasteiger partial charge >= 0.3 is 130 Å². The zero-order valence-corrected chi connectivity index (χ0v) is 13.3. The third-order valence-electron chi connectivity index (χ3n) is 3.02. The first-order valence-corrected chi connectivity index (χ1v) is 8.61. The summed E-state index contributed by atoms with van der Waals surface area (Å²) in [6.45, 7) is 0. The van der Waals surface area contributed by atoms with Crippen molar-refractivity contribution in [3.63, 3.8) is 0 Å². The molecule has 20 heavy (non-hydrogen) atoms. The predicted molar refractivity (Wildman–Crippen MR) is 89.2 cm³/mol. The summed E-state index contributed by atoms with van der Waals surface area (Å²) >= 11 is 6.33. The summed E-state index contributed by atoms with van der Waals surface area (Å²) in [5.74, 6) is 0. The van der Waals surface area contributed by atoms with E-state index in [0.717, 1.165) is 5.02 Å². The fraction of sp³-hybridized carbons (Fsp3) is 0. The summed E-state index contributed by atoms with van der Waals surface area (Å²) < 4.78 is 1.40. The molecule has 0 atom stereocenters. The maximum absolute atomic E-state index is 5.93. The second-order valence-corrected chi connectivity index (χ2v) is 6.84. The normalized spacial score (nSPS) is 11.1. The van der Waals surface area contributed by atoms with E-state index in [9.17, 15) is 0 Å². The molecule has 0 aliphatic heterocycles. The monoisotopic (exact) mass is 344 g/mol. The van der Waals surface area contributed by atoms with Gasteiger partial charge in [-0.15, -0.1) is 0 Å². The zero-order valence-electron chi connectivity index (χ0n) is 10.8. The summed E-state index contributed by atoms with van der Waals surface area (Å²) in [7, 11) is 0. The molecule has 0 spiro atoms. The second kappa shape index (κ2) is 6.28. The van der Waals surface area contributed by atoms with Gasteiger partial charge in [-0.1, -0.05) is 0 Å². The molecule has 0 saturated heterocycles. The molecule has 1 aromatic heterocycles. The molecule has 0 fully saturated rings. The molecule has 98 valence electrons. The number of hydrogen-bond acceptors (Lipinski definition) is 0. The van der Waals surface area contributed by atoms with E-state index in [1.54, 1.807) is 0 Å². The Kier molecular flexibility index (Phi) is 4.22. The number of benzene rings is 2. The Hall–Kier alpha value is -1.53. The van der Waals surface area contributed by atoms with Gasteiger partial charge in [0.25, 0.3) is 0 Å². The molecule has 0 N–H and O–H groups in total. The molecule has 0 saturated carbocycles. The number of rotatable bonds is 3. The summed E-state index contributed by atoms with van der Waals surface area (Å²) in [4.78, 5) is 2.32. The van der Waals surface area contributed by atoms with E-state index in [1.807, 2.05) is 18.2 Å². The molecule has 0 aliphatic carbocycles. The molecule has 3 aromatic rings. The van der Waals surface area contributed by atoms with Crippen molar-refractivity contribution in [2.45, 2.75) is 0 Å². The predicted octanol–water partition coefficient (Wildman–Crippen LogP) is 5.23. The molecule has 0 radical (unpaired) electrons. The van der Waals surface area contributed by atoms with Crippen LogP contribution in [-0.4, -0.2) is 14.5 Å². The van der Waals surface area contributed by atoms with Crippen molar-refractivity contribution >= 4 is 38.3 Å². The van der Waals surface area contributed by atoms with Gasteiger partial charge in [0.1, 0.15) is 0 Å². The third kappa shape index (κ3) is 3.32. The van der Waals surface area contributed by atoms with Gasteiger partial charge < -0.3 is 0 Å². The van der Waals surface area contributed by atoms with Crippen LogP contribution in [-0.2, 0) is 0 Å². The molecule has 2 aromatic carbocycles. The molecule has 0 aliphatic rings. The van der Waals surface area contributed by atoms with Gasteiger partial charge in [-0.25, -0.2) is 0 Å². The molecule has 0 unspecified atom stereocenters. The zero-order chi connectivity index (χ0) is 13.8. The van der Waals surface area contributed by atoms with E-state index in [0.29, 0.717) is 14.5 Å². The quantitative estimate of drug-likeness (QED) is 0.571. The van der Waals surface area contributed by atoms with Crippen LogP contribution < -0.4 is 0 Å². The van der Waals surface area contributed by atoms with Crippen LogP contribution in [0.1, 0.15) is 11.1 Å². The average Bonchev–Trinajstić information content (AvgIpc) is 2.96. The topological polar surface area (TPSA) is 0 Å². The van der Waals surface area contributed by atoms with Crippen molar-refractivity contribution < 1.29 is 0 Å². The van der Waals surface area contributed by atoms with Crippen LogP contribution in [0, 0.1) is 0 Å². The fourth-order valence-electron chi connectivity index (χ4n) is 1.96. The van der Waals surface area contributed by atoms with Gasteiger partial charge in [-0.05, 0) is 0 Å². The minimum atomic E-state index is 0.407. The van der Waals surface area contributed by atoms with Gasteiger partial charge in [0.2, 0.25) is 0 Å². The molecule has 3 rings (SSSR count). The van der Waals surface area contributed by atoms with E-state index < -0.39 is 0 Å². The van der Waals surface area contributed by atoms with Gasteiger partial charge in [0, 0.05) is 0 Å². The Morgan fingerprint density at radius 2 is 1.50 bits per heavy atom. The maximum atomic E-state index is 5.93. The third-order valence-corrected chi connectivity index (χ3v) is 5.36. The van der Waals surface area contributed by atoms with Crippen LogP contribution in [0.25, 0.3) is 22.2 Å². The Balaban J connectivity index is 1.80. The van der Waals surface area contributed by atoms with Crippen molar-refractivity contribution in [3.05, 3.63) is 81.8 Å². The molecule has 2 heteroatoms. The van der Waals surface area contributed by atoms with Crippen molar-refractivity contribution in [2.75, 3.05) is 0 Å². The van der Waals surface area contributed by atoms with Crippen molar-refractivity contribution in [2.24, 2.45) is 0 Å². The van der Waals surface area contributed by atoms with Crippen LogP contribution in [0.5, 0.6) is 0 Å². The first-order chi connectivity index (χ1) is 9.81. The Morgan fingerprint density at radius 1 is 0.800 bits per heavy atom. The van der Waals surface area contributed by atoms with Crippen LogP contribution in [0.15, 0.2) is 65.6 Å². The van der Waals surface area contributed by atoms with Crippen molar-refractivity contribution in [1.29, 1.82) is 0 Å². The van der Waals surface area contributed by atoms with Crippen LogP contribution in [0.4, 0.5) is 0 Å². The molecule has 0 amide bonds. The average molecular weight is 344 g/mol. The first kappa shape index (κ1) is 13.5. The number of halogens is 1. The van der Waals surface area contributed by atoms with Gasteiger partial charge in [0.05, 0.1) is 0 Å². The van der Waals surface area contributed by atoms with E-state index in [1.165, 1.54) is 21.1 Å². The molecule has 0 nitrogen and oxygen atoms in total. The summed E-state index contributed by atoms with van der Waals surface area (Å²) in [5.41, 5.74) is 3.79. The molecule has 0 bridgehead atoms. The SMILES string of the molecule is Clc1ccc(-c2cc(C=Cc3ccccc3)c[se]2)cc1. The Bertz CT molecular complexity index is 709. The van der Waals surface area contributed by atoms with Gasteiger partial charge in [0.15, 0.2) is 0 Å². The standard InChI is InChI=1S/C18H13ClSe/c19-17-10-8-16(9-11-17)18-12-15(13-20-18)7-6-14-4-2-1-3-5-14/h1-13H. The van der Waals surface area contributed by atoms with Crippen LogP contribution in [0.3, 0.4) is 0 Å².